The monoisotopic (exact) mass is 570 g/mol. The van der Waals surface area contributed by atoms with E-state index in [-0.39, 0.29) is 30.0 Å². The molecule has 0 aliphatic carbocycles. The van der Waals surface area contributed by atoms with Gasteiger partial charge in [0.25, 0.3) is 0 Å². The molecule has 32 heavy (non-hydrogen) atoms. The highest BCUT2D eigenvalue weighted by atomic mass is 127. The maximum absolute atomic E-state index is 5.93. The molecule has 0 fully saturated rings. The van der Waals surface area contributed by atoms with E-state index >= 15 is 0 Å². The third kappa shape index (κ3) is 5.97. The minimum absolute atomic E-state index is 0. The van der Waals surface area contributed by atoms with Gasteiger partial charge in [0.15, 0.2) is 11.8 Å². The Morgan fingerprint density at radius 2 is 2.06 bits per heavy atom. The van der Waals surface area contributed by atoms with E-state index in [0.29, 0.717) is 35.6 Å². The molecular formula is C21H28ClIN8O. The van der Waals surface area contributed by atoms with Crippen LogP contribution in [0.4, 0.5) is 0 Å². The fourth-order valence-corrected chi connectivity index (χ4v) is 3.57. The number of hydrogen-bond donors (Lipinski definition) is 2. The van der Waals surface area contributed by atoms with Crippen molar-refractivity contribution in [3.05, 3.63) is 46.8 Å². The number of hydrogen-bond acceptors (Lipinski definition) is 6. The van der Waals surface area contributed by atoms with Crippen LogP contribution in [0.15, 0.2) is 33.8 Å². The topological polar surface area (TPSA) is 106 Å². The normalized spacial score (nSPS) is 15.9. The first-order valence-corrected chi connectivity index (χ1v) is 10.9. The lowest BCUT2D eigenvalue weighted by atomic mass is 10.1. The lowest BCUT2D eigenvalue weighted by molar-refractivity contribution is 0.377. The summed E-state index contributed by atoms with van der Waals surface area (Å²) in [7, 11) is 1.77. The Balaban J connectivity index is 0.00000289. The van der Waals surface area contributed by atoms with Crippen LogP contribution in [0.25, 0.3) is 11.4 Å². The molecule has 3 aromatic rings. The molecular weight excluding hydrogens is 543 g/mol. The molecule has 172 valence electrons. The molecule has 1 aliphatic rings. The molecule has 0 radical (unpaired) electrons. The number of rotatable bonds is 6. The van der Waals surface area contributed by atoms with Crippen molar-refractivity contribution in [2.75, 3.05) is 13.6 Å². The highest BCUT2D eigenvalue weighted by Crippen LogP contribution is 2.19. The molecule has 9 nitrogen and oxygen atoms in total. The van der Waals surface area contributed by atoms with E-state index in [2.05, 4.69) is 49.7 Å². The molecule has 0 saturated heterocycles. The smallest absolute Gasteiger partial charge is 0.228 e. The number of aromatic nitrogens is 5. The molecule has 11 heteroatoms. The first-order valence-electron chi connectivity index (χ1n) is 10.5. The minimum atomic E-state index is 0. The SMILES string of the molecule is CN=C(NCCc1nc(-c2ccc(Cl)cc2)no1)NC1CCc2nc(C(C)C)nn2C1.I. The van der Waals surface area contributed by atoms with E-state index in [1.54, 1.807) is 19.2 Å². The lowest BCUT2D eigenvalue weighted by Crippen LogP contribution is -2.47. The summed E-state index contributed by atoms with van der Waals surface area (Å²) in [5.74, 6) is 4.19. The lowest BCUT2D eigenvalue weighted by Gasteiger charge is -2.25. The second kappa shape index (κ2) is 11.1. The van der Waals surface area contributed by atoms with Crippen molar-refractivity contribution < 1.29 is 4.52 Å². The molecule has 2 aromatic heterocycles. The summed E-state index contributed by atoms with van der Waals surface area (Å²) in [5.41, 5.74) is 0.871. The number of fused-ring (bicyclic) bond motifs is 1. The van der Waals surface area contributed by atoms with Crippen molar-refractivity contribution in [2.45, 2.75) is 51.6 Å². The summed E-state index contributed by atoms with van der Waals surface area (Å²) < 4.78 is 7.38. The molecule has 0 spiro atoms. The van der Waals surface area contributed by atoms with Crippen molar-refractivity contribution in [3.63, 3.8) is 0 Å². The fraction of sp³-hybridized carbons (Fsp3) is 0.476. The average Bonchev–Trinajstić information content (AvgIpc) is 3.40. The number of aryl methyl sites for hydroxylation is 1. The number of halogens is 2. The van der Waals surface area contributed by atoms with Crippen molar-refractivity contribution >= 4 is 41.5 Å². The van der Waals surface area contributed by atoms with Crippen LogP contribution < -0.4 is 10.6 Å². The summed E-state index contributed by atoms with van der Waals surface area (Å²) in [6.07, 6.45) is 2.49. The first kappa shape index (κ1) is 24.4. The zero-order chi connectivity index (χ0) is 21.8. The van der Waals surface area contributed by atoms with Gasteiger partial charge in [0.2, 0.25) is 11.7 Å². The number of guanidine groups is 1. The van der Waals surface area contributed by atoms with Gasteiger partial charge in [-0.2, -0.15) is 10.1 Å². The average molecular weight is 571 g/mol. The molecule has 1 aromatic carbocycles. The van der Waals surface area contributed by atoms with Crippen molar-refractivity contribution in [2.24, 2.45) is 4.99 Å². The van der Waals surface area contributed by atoms with Gasteiger partial charge in [-0.1, -0.05) is 30.6 Å². The predicted octanol–water partition coefficient (Wildman–Crippen LogP) is 3.45. The quantitative estimate of drug-likeness (QED) is 0.266. The van der Waals surface area contributed by atoms with Crippen LogP contribution in [-0.4, -0.2) is 50.5 Å². The fourth-order valence-electron chi connectivity index (χ4n) is 3.44. The van der Waals surface area contributed by atoms with Crippen LogP contribution in [0.1, 0.15) is 43.7 Å². The Labute approximate surface area is 209 Å². The van der Waals surface area contributed by atoms with Crippen molar-refractivity contribution in [3.8, 4) is 11.4 Å². The summed E-state index contributed by atoms with van der Waals surface area (Å²) >= 11 is 5.93. The van der Waals surface area contributed by atoms with Crippen LogP contribution in [-0.2, 0) is 19.4 Å². The van der Waals surface area contributed by atoms with Crippen molar-refractivity contribution in [1.82, 2.24) is 35.5 Å². The van der Waals surface area contributed by atoms with Gasteiger partial charge in [0, 0.05) is 49.0 Å². The Morgan fingerprint density at radius 1 is 1.28 bits per heavy atom. The molecule has 2 N–H and O–H groups in total. The van der Waals surface area contributed by atoms with Gasteiger partial charge in [0.1, 0.15) is 5.82 Å². The predicted molar refractivity (Wildman–Crippen MR) is 135 cm³/mol. The number of nitrogens with one attached hydrogen (secondary N) is 2. The zero-order valence-corrected chi connectivity index (χ0v) is 21.5. The molecule has 0 saturated carbocycles. The maximum Gasteiger partial charge on any atom is 0.228 e. The summed E-state index contributed by atoms with van der Waals surface area (Å²) in [6.45, 7) is 5.64. The van der Waals surface area contributed by atoms with E-state index in [1.807, 2.05) is 16.8 Å². The van der Waals surface area contributed by atoms with Gasteiger partial charge in [0.05, 0.1) is 6.54 Å². The first-order chi connectivity index (χ1) is 15.0. The van der Waals surface area contributed by atoms with Crippen LogP contribution in [0.3, 0.4) is 0 Å². The number of benzene rings is 1. The van der Waals surface area contributed by atoms with Gasteiger partial charge < -0.3 is 15.2 Å². The summed E-state index contributed by atoms with van der Waals surface area (Å²) in [5, 5.41) is 16.2. The third-order valence-electron chi connectivity index (χ3n) is 5.16. The Kier molecular flexibility index (Phi) is 8.46. The molecule has 1 atom stereocenters. The highest BCUT2D eigenvalue weighted by Gasteiger charge is 2.23. The van der Waals surface area contributed by atoms with E-state index < -0.39 is 0 Å². The number of aliphatic imine (C=N–C) groups is 1. The van der Waals surface area contributed by atoms with E-state index in [4.69, 9.17) is 16.1 Å². The largest absolute Gasteiger partial charge is 0.356 e. The molecule has 4 rings (SSSR count). The van der Waals surface area contributed by atoms with E-state index in [1.165, 1.54) is 0 Å². The second-order valence-corrected chi connectivity index (χ2v) is 8.31. The zero-order valence-electron chi connectivity index (χ0n) is 18.4. The van der Waals surface area contributed by atoms with Crippen LogP contribution >= 0.6 is 35.6 Å². The molecule has 1 unspecified atom stereocenters. The molecule has 0 bridgehead atoms. The second-order valence-electron chi connectivity index (χ2n) is 7.87. The van der Waals surface area contributed by atoms with Crippen LogP contribution in [0.2, 0.25) is 5.02 Å². The summed E-state index contributed by atoms with van der Waals surface area (Å²) in [6, 6.07) is 7.61. The van der Waals surface area contributed by atoms with E-state index in [0.717, 1.165) is 42.6 Å². The van der Waals surface area contributed by atoms with E-state index in [9.17, 15) is 0 Å². The number of nitrogens with zero attached hydrogens (tertiary/aromatic N) is 6. The van der Waals surface area contributed by atoms with Crippen LogP contribution in [0, 0.1) is 0 Å². The summed E-state index contributed by atoms with van der Waals surface area (Å²) in [4.78, 5) is 13.4. The van der Waals surface area contributed by atoms with Gasteiger partial charge in [-0.3, -0.25) is 4.99 Å². The Morgan fingerprint density at radius 3 is 2.78 bits per heavy atom. The Hall–Kier alpha value is -2.21. The third-order valence-corrected chi connectivity index (χ3v) is 5.41. The Bertz CT molecular complexity index is 1050. The van der Waals surface area contributed by atoms with Gasteiger partial charge >= 0.3 is 0 Å². The maximum atomic E-state index is 5.93. The van der Waals surface area contributed by atoms with Crippen molar-refractivity contribution in [1.29, 1.82) is 0 Å². The van der Waals surface area contributed by atoms with Crippen LogP contribution in [0.5, 0.6) is 0 Å². The molecule has 3 heterocycles. The van der Waals surface area contributed by atoms with Gasteiger partial charge in [-0.25, -0.2) is 9.67 Å². The molecule has 1 aliphatic heterocycles. The standard InChI is InChI=1S/C21H27ClN8O.HI/c1-13(2)19-26-17-9-8-16(12-30(17)28-19)25-21(23-3)24-11-10-18-27-20(29-31-18)14-4-6-15(22)7-5-14;/h4-7,13,16H,8-12H2,1-3H3,(H2,23,24,25);1H. The van der Waals surface area contributed by atoms with Gasteiger partial charge in [-0.05, 0) is 30.7 Å². The molecule has 0 amide bonds. The minimum Gasteiger partial charge on any atom is -0.356 e. The van der Waals surface area contributed by atoms with Gasteiger partial charge in [-0.15, -0.1) is 24.0 Å². The highest BCUT2D eigenvalue weighted by molar-refractivity contribution is 14.0.